The number of thioether (sulfide) groups is 1. The van der Waals surface area contributed by atoms with Crippen LogP contribution in [0.15, 0.2) is 22.5 Å². The lowest BCUT2D eigenvalue weighted by atomic mass is 10.3. The Balaban J connectivity index is 1.90. The summed E-state index contributed by atoms with van der Waals surface area (Å²) in [6.07, 6.45) is 0.613. The van der Waals surface area contributed by atoms with Gasteiger partial charge in [0.15, 0.2) is 4.34 Å². The van der Waals surface area contributed by atoms with E-state index in [9.17, 15) is 8.42 Å². The third-order valence-electron chi connectivity index (χ3n) is 2.66. The molecule has 0 saturated heterocycles. The smallest absolute Gasteiger partial charge is 0.213 e. The van der Waals surface area contributed by atoms with Crippen molar-refractivity contribution < 1.29 is 8.42 Å². The Morgan fingerprint density at radius 2 is 2.15 bits per heavy atom. The lowest BCUT2D eigenvalue weighted by molar-refractivity contribution is 0.520. The van der Waals surface area contributed by atoms with Crippen molar-refractivity contribution in [3.8, 4) is 0 Å². The number of benzene rings is 1. The lowest BCUT2D eigenvalue weighted by Crippen LogP contribution is -2.25. The van der Waals surface area contributed by atoms with E-state index in [1.165, 1.54) is 4.31 Å². The molecule has 0 radical (unpaired) electrons. The Bertz CT molecular complexity index is 698. The topological polar surface area (TPSA) is 50.3 Å². The van der Waals surface area contributed by atoms with Gasteiger partial charge in [-0.05, 0) is 24.6 Å². The standard InChI is InChI=1S/C12H15ClN2O2S3/c1-15(2)20(16,17)7-3-6-18-12-14-10-8-9(13)4-5-11(10)19-12/h4-5,8H,3,6-7H2,1-2H3. The van der Waals surface area contributed by atoms with Crippen molar-refractivity contribution >= 4 is 54.9 Å². The van der Waals surface area contributed by atoms with Gasteiger partial charge in [-0.1, -0.05) is 23.4 Å². The largest absolute Gasteiger partial charge is 0.230 e. The first kappa shape index (κ1) is 16.0. The maximum absolute atomic E-state index is 11.6. The first-order valence-corrected chi connectivity index (χ1v) is 9.76. The molecule has 1 heterocycles. The number of hydrogen-bond acceptors (Lipinski definition) is 5. The molecule has 0 atom stereocenters. The minimum atomic E-state index is -3.10. The van der Waals surface area contributed by atoms with Crippen molar-refractivity contribution in [2.75, 3.05) is 25.6 Å². The zero-order chi connectivity index (χ0) is 14.8. The number of sulfonamides is 1. The van der Waals surface area contributed by atoms with Crippen molar-refractivity contribution in [3.05, 3.63) is 23.2 Å². The van der Waals surface area contributed by atoms with Crippen LogP contribution in [-0.2, 0) is 10.0 Å². The Kier molecular flexibility index (Phi) is 5.30. The van der Waals surface area contributed by atoms with Crippen LogP contribution in [0.3, 0.4) is 0 Å². The highest BCUT2D eigenvalue weighted by Gasteiger charge is 2.13. The highest BCUT2D eigenvalue weighted by atomic mass is 35.5. The van der Waals surface area contributed by atoms with Crippen molar-refractivity contribution in [2.45, 2.75) is 10.8 Å². The van der Waals surface area contributed by atoms with E-state index >= 15 is 0 Å². The molecule has 4 nitrogen and oxygen atoms in total. The molecule has 2 rings (SSSR count). The molecule has 0 amide bonds. The van der Waals surface area contributed by atoms with E-state index < -0.39 is 10.0 Å². The molecule has 0 aliphatic heterocycles. The predicted molar refractivity (Wildman–Crippen MR) is 87.4 cm³/mol. The average Bonchev–Trinajstić information content (AvgIpc) is 2.76. The molecule has 0 bridgehead atoms. The average molecular weight is 351 g/mol. The third-order valence-corrected chi connectivity index (χ3v) is 7.08. The van der Waals surface area contributed by atoms with E-state index in [2.05, 4.69) is 4.98 Å². The lowest BCUT2D eigenvalue weighted by Gasteiger charge is -2.10. The molecule has 0 saturated carbocycles. The van der Waals surface area contributed by atoms with Gasteiger partial charge < -0.3 is 0 Å². The molecule has 1 aromatic carbocycles. The van der Waals surface area contributed by atoms with Gasteiger partial charge in [-0.2, -0.15) is 0 Å². The van der Waals surface area contributed by atoms with Crippen LogP contribution < -0.4 is 0 Å². The molecule has 1 aromatic heterocycles. The minimum absolute atomic E-state index is 0.170. The summed E-state index contributed by atoms with van der Waals surface area (Å²) in [5, 5.41) is 0.677. The van der Waals surface area contributed by atoms with Gasteiger partial charge in [-0.3, -0.25) is 0 Å². The molecule has 0 unspecified atom stereocenters. The normalized spacial score (nSPS) is 12.4. The molecule has 20 heavy (non-hydrogen) atoms. The second-order valence-corrected chi connectivity index (χ2v) is 9.50. The Labute approximate surface area is 132 Å². The molecule has 0 N–H and O–H groups in total. The van der Waals surface area contributed by atoms with Gasteiger partial charge in [0.1, 0.15) is 0 Å². The SMILES string of the molecule is CN(C)S(=O)(=O)CCCSc1nc2cc(Cl)ccc2s1. The summed E-state index contributed by atoms with van der Waals surface area (Å²) in [6, 6.07) is 5.64. The van der Waals surface area contributed by atoms with Gasteiger partial charge in [0, 0.05) is 24.9 Å². The van der Waals surface area contributed by atoms with E-state index in [0.29, 0.717) is 11.4 Å². The fraction of sp³-hybridized carbons (Fsp3) is 0.417. The number of nitrogens with zero attached hydrogens (tertiary/aromatic N) is 2. The summed E-state index contributed by atoms with van der Waals surface area (Å²) in [5.41, 5.74) is 0.894. The van der Waals surface area contributed by atoms with Crippen LogP contribution in [0.1, 0.15) is 6.42 Å². The Morgan fingerprint density at radius 1 is 1.40 bits per heavy atom. The van der Waals surface area contributed by atoms with Crippen molar-refractivity contribution in [1.82, 2.24) is 9.29 Å². The zero-order valence-corrected chi connectivity index (χ0v) is 14.4. The molecule has 0 aliphatic rings. The maximum atomic E-state index is 11.6. The summed E-state index contributed by atoms with van der Waals surface area (Å²) in [5.74, 6) is 0.907. The summed E-state index contributed by atoms with van der Waals surface area (Å²) < 4.78 is 26.5. The molecule has 0 aliphatic carbocycles. The molecule has 2 aromatic rings. The van der Waals surface area contributed by atoms with E-state index in [1.807, 2.05) is 18.2 Å². The molecule has 0 spiro atoms. The summed E-state index contributed by atoms with van der Waals surface area (Å²) in [4.78, 5) is 4.48. The number of aromatic nitrogens is 1. The van der Waals surface area contributed by atoms with Gasteiger partial charge in [-0.15, -0.1) is 11.3 Å². The van der Waals surface area contributed by atoms with Crippen LogP contribution in [0, 0.1) is 0 Å². The maximum Gasteiger partial charge on any atom is 0.213 e. The summed E-state index contributed by atoms with van der Waals surface area (Å²) in [6.45, 7) is 0. The van der Waals surface area contributed by atoms with Crippen LogP contribution in [-0.4, -0.2) is 43.3 Å². The molecular formula is C12H15ClN2O2S3. The number of rotatable bonds is 6. The molecule has 0 fully saturated rings. The molecular weight excluding hydrogens is 336 g/mol. The van der Waals surface area contributed by atoms with Crippen molar-refractivity contribution in [3.63, 3.8) is 0 Å². The third kappa shape index (κ3) is 4.08. The molecule has 110 valence electrons. The fourth-order valence-corrected chi connectivity index (χ4v) is 4.81. The van der Waals surface area contributed by atoms with Gasteiger partial charge in [0.05, 0.1) is 16.0 Å². The van der Waals surface area contributed by atoms with Crippen LogP contribution in [0.2, 0.25) is 5.02 Å². The Morgan fingerprint density at radius 3 is 2.85 bits per heavy atom. The fourth-order valence-electron chi connectivity index (χ4n) is 1.52. The summed E-state index contributed by atoms with van der Waals surface area (Å²) in [7, 11) is 0.0133. The second kappa shape index (κ2) is 6.62. The van der Waals surface area contributed by atoms with Gasteiger partial charge >= 0.3 is 0 Å². The highest BCUT2D eigenvalue weighted by molar-refractivity contribution is 8.01. The van der Waals surface area contributed by atoms with Crippen LogP contribution in [0.25, 0.3) is 10.2 Å². The van der Waals surface area contributed by atoms with Crippen LogP contribution in [0.4, 0.5) is 0 Å². The zero-order valence-electron chi connectivity index (χ0n) is 11.2. The van der Waals surface area contributed by atoms with E-state index in [1.54, 1.807) is 37.2 Å². The van der Waals surface area contributed by atoms with E-state index in [-0.39, 0.29) is 5.75 Å². The number of fused-ring (bicyclic) bond motifs is 1. The van der Waals surface area contributed by atoms with E-state index in [4.69, 9.17) is 11.6 Å². The number of hydrogen-bond donors (Lipinski definition) is 0. The van der Waals surface area contributed by atoms with Crippen LogP contribution >= 0.6 is 34.7 Å². The predicted octanol–water partition coefficient (Wildman–Crippen LogP) is 3.32. The van der Waals surface area contributed by atoms with Crippen molar-refractivity contribution in [2.24, 2.45) is 0 Å². The Hall–Kier alpha value is -0.340. The number of halogens is 1. The quantitative estimate of drug-likeness (QED) is 0.592. The molecule has 8 heteroatoms. The summed E-state index contributed by atoms with van der Waals surface area (Å²) >= 11 is 9.11. The first-order chi connectivity index (χ1) is 9.38. The van der Waals surface area contributed by atoms with Crippen LogP contribution in [0.5, 0.6) is 0 Å². The van der Waals surface area contributed by atoms with Crippen molar-refractivity contribution in [1.29, 1.82) is 0 Å². The monoisotopic (exact) mass is 350 g/mol. The van der Waals surface area contributed by atoms with E-state index in [0.717, 1.165) is 20.3 Å². The minimum Gasteiger partial charge on any atom is -0.230 e. The second-order valence-electron chi connectivity index (χ2n) is 4.39. The van der Waals surface area contributed by atoms with Gasteiger partial charge in [0.25, 0.3) is 0 Å². The number of thiazole rings is 1. The van der Waals surface area contributed by atoms with Gasteiger partial charge in [-0.25, -0.2) is 17.7 Å². The van der Waals surface area contributed by atoms with Gasteiger partial charge in [0.2, 0.25) is 10.0 Å². The first-order valence-electron chi connectivity index (χ1n) is 5.97. The highest BCUT2D eigenvalue weighted by Crippen LogP contribution is 2.31.